The van der Waals surface area contributed by atoms with Crippen molar-refractivity contribution in [1.29, 1.82) is 0 Å². The minimum Gasteiger partial charge on any atom is -0.444 e. The topological polar surface area (TPSA) is 128 Å². The monoisotopic (exact) mass is 562 g/mol. The second-order valence-corrected chi connectivity index (χ2v) is 14.4. The number of ether oxygens (including phenoxy) is 3. The van der Waals surface area contributed by atoms with E-state index in [0.29, 0.717) is 38.8 Å². The third-order valence-corrected chi connectivity index (χ3v) is 5.53. The van der Waals surface area contributed by atoms with E-state index in [1.165, 1.54) is 35.6 Å². The fourth-order valence-corrected chi connectivity index (χ4v) is 3.88. The maximum atomic E-state index is 11.5. The van der Waals surface area contributed by atoms with E-state index >= 15 is 0 Å². The number of piperidine rings is 1. The molecule has 38 heavy (non-hydrogen) atoms. The highest BCUT2D eigenvalue weighted by Crippen LogP contribution is 2.15. The number of nitrogens with one attached hydrogen (secondary N) is 1. The molecule has 0 bridgehead atoms. The van der Waals surface area contributed by atoms with E-state index in [2.05, 4.69) is 5.32 Å². The fraction of sp³-hybridized carbons (Fsp3) is 0.815. The van der Waals surface area contributed by atoms with Gasteiger partial charge in [-0.15, -0.1) is 0 Å². The lowest BCUT2D eigenvalue weighted by Gasteiger charge is -2.28. The summed E-state index contributed by atoms with van der Waals surface area (Å²) in [7, 11) is -2.11. The van der Waals surface area contributed by atoms with E-state index in [-0.39, 0.29) is 11.7 Å². The van der Waals surface area contributed by atoms with Gasteiger partial charge in [-0.2, -0.15) is 0 Å². The Balaban J connectivity index is 0.000000622. The van der Waals surface area contributed by atoms with Crippen molar-refractivity contribution in [3.8, 4) is 0 Å². The van der Waals surface area contributed by atoms with Crippen molar-refractivity contribution in [1.82, 2.24) is 10.2 Å². The Kier molecular flexibility index (Phi) is 16.5. The van der Waals surface area contributed by atoms with Crippen molar-refractivity contribution in [2.45, 2.75) is 104 Å². The second-order valence-electron chi connectivity index (χ2n) is 11.6. The molecule has 10 nitrogen and oxygen atoms in total. The van der Waals surface area contributed by atoms with Crippen LogP contribution in [-0.4, -0.2) is 88.4 Å². The molecule has 0 aliphatic carbocycles. The van der Waals surface area contributed by atoms with Crippen LogP contribution in [0.1, 0.15) is 92.9 Å². The Morgan fingerprint density at radius 3 is 1.97 bits per heavy atom. The van der Waals surface area contributed by atoms with Crippen molar-refractivity contribution in [2.75, 3.05) is 38.8 Å². The van der Waals surface area contributed by atoms with Crippen LogP contribution in [0.3, 0.4) is 0 Å². The summed E-state index contributed by atoms with van der Waals surface area (Å²) >= 11 is 0. The Morgan fingerprint density at radius 2 is 1.53 bits per heavy atom. The molecular weight excluding hydrogens is 512 g/mol. The summed E-state index contributed by atoms with van der Waals surface area (Å²) in [5, 5.41) is 3.91. The number of likely N-dealkylation sites (tertiary alicyclic amines) is 1. The molecule has 11 heteroatoms. The number of amides is 3. The summed E-state index contributed by atoms with van der Waals surface area (Å²) in [5.74, 6) is -0.224. The van der Waals surface area contributed by atoms with Crippen LogP contribution < -0.4 is 5.32 Å². The first kappa shape index (κ1) is 35.9. The molecule has 0 unspecified atom stereocenters. The lowest BCUT2D eigenvalue weighted by atomic mass is 10.1. The van der Waals surface area contributed by atoms with Gasteiger partial charge in [-0.1, -0.05) is 0 Å². The Hall–Kier alpha value is -2.14. The number of alkyl carbamates (subject to hydrolysis) is 1. The largest absolute Gasteiger partial charge is 0.444 e. The van der Waals surface area contributed by atoms with Crippen molar-refractivity contribution in [3.63, 3.8) is 0 Å². The van der Waals surface area contributed by atoms with Crippen LogP contribution in [-0.2, 0) is 33.3 Å². The van der Waals surface area contributed by atoms with Gasteiger partial charge in [0.15, 0.2) is 5.78 Å². The van der Waals surface area contributed by atoms with Gasteiger partial charge in [0.2, 0.25) is 5.91 Å². The van der Waals surface area contributed by atoms with Crippen LogP contribution >= 0.6 is 0 Å². The number of nitrogens with zero attached hydrogens (tertiary/aromatic N) is 1. The Morgan fingerprint density at radius 1 is 0.947 bits per heavy atom. The summed E-state index contributed by atoms with van der Waals surface area (Å²) in [6, 6.07) is 0. The molecule has 3 amide bonds. The van der Waals surface area contributed by atoms with E-state index in [0.717, 1.165) is 26.1 Å². The first-order chi connectivity index (χ1) is 17.4. The minimum absolute atomic E-state index is 0.104. The number of rotatable bonds is 6. The third-order valence-electron chi connectivity index (χ3n) is 4.70. The molecule has 2 rings (SSSR count). The van der Waals surface area contributed by atoms with Crippen molar-refractivity contribution in [2.24, 2.45) is 0 Å². The highest BCUT2D eigenvalue weighted by Gasteiger charge is 2.28. The van der Waals surface area contributed by atoms with Gasteiger partial charge < -0.3 is 19.5 Å². The van der Waals surface area contributed by atoms with Gasteiger partial charge >= 0.3 is 12.2 Å². The van der Waals surface area contributed by atoms with Crippen LogP contribution in [0.5, 0.6) is 0 Å². The molecule has 2 fully saturated rings. The minimum atomic E-state index is -2.11. The van der Waals surface area contributed by atoms with Gasteiger partial charge in [0.05, 0.1) is 0 Å². The summed E-state index contributed by atoms with van der Waals surface area (Å²) in [6.07, 6.45) is 8.58. The fourth-order valence-electron chi connectivity index (χ4n) is 3.13. The number of hydrogen-bond acceptors (Lipinski definition) is 8. The highest BCUT2D eigenvalue weighted by molar-refractivity contribution is 8.01. The smallest absolute Gasteiger partial charge is 0.417 e. The van der Waals surface area contributed by atoms with Crippen molar-refractivity contribution in [3.05, 3.63) is 0 Å². The van der Waals surface area contributed by atoms with E-state index in [1.807, 2.05) is 0 Å². The molecule has 0 aromatic rings. The van der Waals surface area contributed by atoms with Gasteiger partial charge in [0, 0.05) is 57.0 Å². The lowest BCUT2D eigenvalue weighted by molar-refractivity contribution is -0.132. The standard InChI is InChI=1S/C13H25NO4S.C10H17NO3.C4H8O/c1-13(2,3)18-12(16)14-9-7-6-8-11(15)10-19(4,5)17;1-10(2,3)14-9(13)11-7-5-4-6-8(11)12;1-2-4-5-3-1/h10H,6-9H2,1-5H3,(H,14,16);4-7H2,1-3H3;1-4H2. The maximum absolute atomic E-state index is 11.5. The Labute approximate surface area is 229 Å². The number of unbranched alkanes of at least 4 members (excludes halogenated alkanes) is 1. The SMILES string of the molecule is C1CCOC1.CC(C)(C)OC(=O)N1CCCCC1=O.CC(C)(C)OC(=O)NCCCCC(=O)C=S(C)(C)=O. The third kappa shape index (κ3) is 21.9. The molecule has 0 atom stereocenters. The maximum Gasteiger partial charge on any atom is 0.417 e. The number of carbonyl (C=O) groups is 4. The van der Waals surface area contributed by atoms with E-state index in [9.17, 15) is 23.4 Å². The molecule has 2 aliphatic rings. The number of ketones is 1. The van der Waals surface area contributed by atoms with Gasteiger partial charge in [0.25, 0.3) is 0 Å². The van der Waals surface area contributed by atoms with E-state index < -0.39 is 32.9 Å². The van der Waals surface area contributed by atoms with Gasteiger partial charge in [-0.3, -0.25) is 13.8 Å². The molecule has 2 aliphatic heterocycles. The summed E-state index contributed by atoms with van der Waals surface area (Å²) in [6.45, 7) is 13.7. The summed E-state index contributed by atoms with van der Waals surface area (Å²) in [4.78, 5) is 46.8. The first-order valence-corrected chi connectivity index (χ1v) is 15.7. The van der Waals surface area contributed by atoms with Gasteiger partial charge in [0.1, 0.15) is 11.2 Å². The quantitative estimate of drug-likeness (QED) is 0.374. The lowest BCUT2D eigenvalue weighted by Crippen LogP contribution is -2.43. The number of hydrogen-bond donors (Lipinski definition) is 1. The average molecular weight is 563 g/mol. The molecule has 0 saturated carbocycles. The van der Waals surface area contributed by atoms with Crippen molar-refractivity contribution >= 4 is 38.8 Å². The predicted octanol–water partition coefficient (Wildman–Crippen LogP) is 4.33. The molecule has 1 N–H and O–H groups in total. The van der Waals surface area contributed by atoms with E-state index in [4.69, 9.17) is 14.2 Å². The molecule has 0 aromatic carbocycles. The number of carbonyl (C=O) groups excluding carboxylic acids is 4. The molecule has 2 heterocycles. The number of imide groups is 1. The molecule has 222 valence electrons. The number of Topliss-reactive ketones (excluding diaryl/α,β-unsaturated/α-hetero) is 1. The van der Waals surface area contributed by atoms with Crippen LogP contribution in [0.4, 0.5) is 9.59 Å². The van der Waals surface area contributed by atoms with Crippen LogP contribution in [0.25, 0.3) is 0 Å². The molecule has 2 saturated heterocycles. The van der Waals surface area contributed by atoms with Crippen LogP contribution in [0.15, 0.2) is 0 Å². The molecular formula is C27H50N2O8S. The zero-order valence-corrected chi connectivity index (χ0v) is 25.5. The summed E-state index contributed by atoms with van der Waals surface area (Å²) in [5.41, 5.74) is -1.04. The van der Waals surface area contributed by atoms with Gasteiger partial charge in [-0.05, 0) is 89.6 Å². The van der Waals surface area contributed by atoms with E-state index in [1.54, 1.807) is 41.5 Å². The average Bonchev–Trinajstić information content (AvgIpc) is 3.30. The first-order valence-electron chi connectivity index (χ1n) is 13.3. The van der Waals surface area contributed by atoms with Crippen LogP contribution in [0.2, 0.25) is 0 Å². The molecule has 0 aromatic heterocycles. The predicted molar refractivity (Wildman–Crippen MR) is 151 cm³/mol. The Bertz CT molecular complexity index is 861. The highest BCUT2D eigenvalue weighted by atomic mass is 32.2. The molecule has 0 radical (unpaired) electrons. The van der Waals surface area contributed by atoms with Crippen molar-refractivity contribution < 1.29 is 37.6 Å². The van der Waals surface area contributed by atoms with Gasteiger partial charge in [-0.25, -0.2) is 14.5 Å². The second kappa shape index (κ2) is 17.4. The summed E-state index contributed by atoms with van der Waals surface area (Å²) < 4.78 is 26.5. The van der Waals surface area contributed by atoms with Crippen LogP contribution in [0, 0.1) is 0 Å². The normalized spacial score (nSPS) is 15.8. The zero-order valence-electron chi connectivity index (χ0n) is 24.7. The molecule has 0 spiro atoms. The zero-order chi connectivity index (χ0) is 29.4.